The van der Waals surface area contributed by atoms with Crippen molar-refractivity contribution in [3.63, 3.8) is 0 Å². The average molecular weight is 715 g/mol. The maximum atomic E-state index is 7.33. The topological polar surface area (TPSA) is 35.5 Å². The summed E-state index contributed by atoms with van der Waals surface area (Å²) in [5.74, 6) is 0. The summed E-state index contributed by atoms with van der Waals surface area (Å²) >= 11 is 0. The van der Waals surface area contributed by atoms with E-state index in [-0.39, 0.29) is 16.9 Å². The minimum absolute atomic E-state index is 0.143. The summed E-state index contributed by atoms with van der Waals surface area (Å²) in [5.41, 5.74) is 11.3. The first-order chi connectivity index (χ1) is 24.4. The van der Waals surface area contributed by atoms with Gasteiger partial charge in [0, 0.05) is 39.4 Å². The summed E-state index contributed by atoms with van der Waals surface area (Å²) in [6, 6.07) is 42.2. The SMILES string of the molecule is Cc1cc(C(C)(C)C)c2op(O[C@H](CP3[C@@H](c4ccccc4)CC[C@@H]3c3ccccc3)c3ccccc3)oc3c(C(C)(C)C)cc(C)cc3c2c1. The lowest BCUT2D eigenvalue weighted by molar-refractivity contribution is 0.288. The fourth-order valence-electron chi connectivity index (χ4n) is 7.82. The molecule has 3 nitrogen and oxygen atoms in total. The summed E-state index contributed by atoms with van der Waals surface area (Å²) in [7, 11) is -2.34. The number of benzene rings is 5. The molecule has 51 heavy (non-hydrogen) atoms. The zero-order valence-electron chi connectivity index (χ0n) is 31.4. The third kappa shape index (κ3) is 7.64. The molecule has 1 saturated heterocycles. The fraction of sp³-hybridized carbons (Fsp3) is 0.348. The Hall–Kier alpha value is -3.61. The molecule has 3 atom stereocenters. The maximum absolute atomic E-state index is 7.33. The van der Waals surface area contributed by atoms with Crippen molar-refractivity contribution in [1.82, 2.24) is 0 Å². The average Bonchev–Trinajstić information content (AvgIpc) is 3.45. The molecular formula is C46H52O3P2. The normalized spacial score (nSPS) is 17.6. The summed E-state index contributed by atoms with van der Waals surface area (Å²) < 4.78 is 21.6. The van der Waals surface area contributed by atoms with Gasteiger partial charge in [0.05, 0.1) is 0 Å². The Morgan fingerprint density at radius 3 is 1.43 bits per heavy atom. The van der Waals surface area contributed by atoms with Crippen molar-refractivity contribution in [3.05, 3.63) is 154 Å². The quantitative estimate of drug-likeness (QED) is 0.154. The molecule has 1 aliphatic heterocycles. The Labute approximate surface area is 306 Å². The first-order valence-corrected chi connectivity index (χ1v) is 21.2. The van der Waals surface area contributed by atoms with Gasteiger partial charge in [-0.05, 0) is 77.5 Å². The van der Waals surface area contributed by atoms with E-state index in [2.05, 4.69) is 171 Å². The van der Waals surface area contributed by atoms with Crippen molar-refractivity contribution < 1.29 is 12.9 Å². The number of fused-ring (bicyclic) bond motifs is 3. The first-order valence-electron chi connectivity index (χ1n) is 18.4. The van der Waals surface area contributed by atoms with Crippen LogP contribution < -0.4 is 4.52 Å². The number of rotatable bonds is 7. The molecule has 7 rings (SSSR count). The highest BCUT2D eigenvalue weighted by Crippen LogP contribution is 2.71. The van der Waals surface area contributed by atoms with Gasteiger partial charge < -0.3 is 8.39 Å². The summed E-state index contributed by atoms with van der Waals surface area (Å²) in [4.78, 5) is 0. The van der Waals surface area contributed by atoms with E-state index in [1.54, 1.807) is 0 Å². The molecule has 0 radical (unpaired) electrons. The Bertz CT molecular complexity index is 2030. The van der Waals surface area contributed by atoms with Gasteiger partial charge in [0.1, 0.15) is 17.3 Å². The van der Waals surface area contributed by atoms with Crippen molar-refractivity contribution in [2.75, 3.05) is 6.16 Å². The van der Waals surface area contributed by atoms with Gasteiger partial charge in [-0.3, -0.25) is 4.52 Å². The van der Waals surface area contributed by atoms with E-state index in [1.807, 2.05) is 0 Å². The maximum Gasteiger partial charge on any atom is 0.388 e. The molecule has 264 valence electrons. The highest BCUT2D eigenvalue weighted by molar-refractivity contribution is 7.58. The van der Waals surface area contributed by atoms with E-state index in [0.717, 1.165) is 28.1 Å². The minimum atomic E-state index is -1.83. The first kappa shape index (κ1) is 35.8. The summed E-state index contributed by atoms with van der Waals surface area (Å²) in [6.07, 6.45) is 3.09. The van der Waals surface area contributed by atoms with Crippen LogP contribution in [0.25, 0.3) is 21.9 Å². The van der Waals surface area contributed by atoms with Gasteiger partial charge >= 0.3 is 8.24 Å². The van der Waals surface area contributed by atoms with E-state index in [9.17, 15) is 0 Å². The van der Waals surface area contributed by atoms with Crippen LogP contribution in [0.5, 0.6) is 0 Å². The molecule has 1 aliphatic rings. The fourth-order valence-corrected chi connectivity index (χ4v) is 12.8. The van der Waals surface area contributed by atoms with Crippen LogP contribution in [0.2, 0.25) is 0 Å². The predicted molar refractivity (Wildman–Crippen MR) is 218 cm³/mol. The second kappa shape index (κ2) is 14.4. The molecule has 1 aromatic heterocycles. The van der Waals surface area contributed by atoms with Gasteiger partial charge in [-0.25, -0.2) is 0 Å². The number of hydrogen-bond donors (Lipinski definition) is 0. The van der Waals surface area contributed by atoms with Gasteiger partial charge in [0.2, 0.25) is 0 Å². The molecule has 0 unspecified atom stereocenters. The Balaban J connectivity index is 1.44. The second-order valence-corrected chi connectivity index (χ2v) is 20.1. The lowest BCUT2D eigenvalue weighted by atomic mass is 9.83. The standard InChI is InChI=1S/C46H52O3P2/c1-31-26-36-37-27-32(2)29-39(46(6,7)8)44(37)49-51(48-43(36)38(28-31)45(3,4)5)47-40(33-18-12-9-13-19-33)30-50-41(34-20-14-10-15-21-34)24-25-42(50)35-22-16-11-17-23-35/h9-23,26-29,40-42H,24-25,30H2,1-8H3/t40-,41-,42-/m1/s1. The van der Waals surface area contributed by atoms with E-state index in [4.69, 9.17) is 12.9 Å². The lowest BCUT2D eigenvalue weighted by Gasteiger charge is -2.30. The lowest BCUT2D eigenvalue weighted by Crippen LogP contribution is -2.13. The molecule has 6 aromatic rings. The van der Waals surface area contributed by atoms with Crippen LogP contribution in [0.1, 0.15) is 111 Å². The molecule has 0 bridgehead atoms. The molecule has 0 spiro atoms. The van der Waals surface area contributed by atoms with Crippen LogP contribution in [0, 0.1) is 13.8 Å². The van der Waals surface area contributed by atoms with Crippen LogP contribution in [0.4, 0.5) is 0 Å². The number of hydrogen-bond acceptors (Lipinski definition) is 3. The van der Waals surface area contributed by atoms with Crippen molar-refractivity contribution in [2.45, 2.75) is 96.5 Å². The van der Waals surface area contributed by atoms with Crippen molar-refractivity contribution in [1.29, 1.82) is 0 Å². The van der Waals surface area contributed by atoms with Crippen LogP contribution in [0.3, 0.4) is 0 Å². The van der Waals surface area contributed by atoms with E-state index < -0.39 is 16.2 Å². The van der Waals surface area contributed by atoms with Crippen LogP contribution in [-0.4, -0.2) is 6.16 Å². The molecule has 1 fully saturated rings. The van der Waals surface area contributed by atoms with Gasteiger partial charge in [0.25, 0.3) is 0 Å². The molecule has 0 N–H and O–H groups in total. The van der Waals surface area contributed by atoms with E-state index >= 15 is 0 Å². The van der Waals surface area contributed by atoms with Crippen LogP contribution in [-0.2, 0) is 10.8 Å². The summed E-state index contributed by atoms with van der Waals surface area (Å²) in [5, 5.41) is 2.17. The third-order valence-electron chi connectivity index (χ3n) is 10.3. The molecule has 0 amide bonds. The Kier molecular flexibility index (Phi) is 10.1. The van der Waals surface area contributed by atoms with Gasteiger partial charge in [-0.1, -0.05) is 153 Å². The summed E-state index contributed by atoms with van der Waals surface area (Å²) in [6.45, 7) is 18.0. The largest absolute Gasteiger partial charge is 0.399 e. The van der Waals surface area contributed by atoms with E-state index in [0.29, 0.717) is 11.3 Å². The van der Waals surface area contributed by atoms with E-state index in [1.165, 1.54) is 51.8 Å². The Morgan fingerprint density at radius 1 is 0.608 bits per heavy atom. The highest BCUT2D eigenvalue weighted by Gasteiger charge is 2.39. The molecule has 5 aromatic carbocycles. The second-order valence-electron chi connectivity index (χ2n) is 16.4. The zero-order valence-corrected chi connectivity index (χ0v) is 33.2. The van der Waals surface area contributed by atoms with Crippen molar-refractivity contribution in [3.8, 4) is 0 Å². The van der Waals surface area contributed by atoms with Gasteiger partial charge in [-0.2, -0.15) is 0 Å². The smallest absolute Gasteiger partial charge is 0.388 e. The van der Waals surface area contributed by atoms with Gasteiger partial charge in [0.15, 0.2) is 0 Å². The zero-order chi connectivity index (χ0) is 35.9. The van der Waals surface area contributed by atoms with Crippen molar-refractivity contribution in [2.24, 2.45) is 0 Å². The molecule has 0 saturated carbocycles. The molecule has 0 aliphatic carbocycles. The Morgan fingerprint density at radius 2 is 1.02 bits per heavy atom. The monoisotopic (exact) mass is 714 g/mol. The highest BCUT2D eigenvalue weighted by atomic mass is 31.1. The molecule has 5 heteroatoms. The van der Waals surface area contributed by atoms with Gasteiger partial charge in [-0.15, -0.1) is 0 Å². The van der Waals surface area contributed by atoms with Crippen molar-refractivity contribution >= 4 is 38.1 Å². The molecular weight excluding hydrogens is 662 g/mol. The third-order valence-corrected chi connectivity index (χ3v) is 14.9. The minimum Gasteiger partial charge on any atom is -0.399 e. The van der Waals surface area contributed by atoms with Crippen LogP contribution in [0.15, 0.2) is 124 Å². The number of aryl methyl sites for hydroxylation is 2. The van der Waals surface area contributed by atoms with Crippen LogP contribution >= 0.6 is 16.2 Å². The predicted octanol–water partition coefficient (Wildman–Crippen LogP) is 14.4. The molecule has 2 heterocycles.